The first kappa shape index (κ1) is 14.0. The lowest BCUT2D eigenvalue weighted by molar-refractivity contribution is 0.115. The summed E-state index contributed by atoms with van der Waals surface area (Å²) in [6.45, 7) is 5.20. The number of anilines is 1. The third-order valence-corrected chi connectivity index (χ3v) is 3.63. The van der Waals surface area contributed by atoms with Crippen molar-refractivity contribution in [3.8, 4) is 11.4 Å². The molecule has 0 aliphatic rings. The van der Waals surface area contributed by atoms with Gasteiger partial charge in [0.1, 0.15) is 0 Å². The monoisotopic (exact) mass is 325 g/mol. The molecule has 0 aliphatic heterocycles. The maximum atomic E-state index is 5.88. The smallest absolute Gasteiger partial charge is 0.183 e. The van der Waals surface area contributed by atoms with Crippen LogP contribution in [0.1, 0.15) is 19.9 Å². The average molecular weight is 326 g/mol. The molecule has 2 rings (SSSR count). The summed E-state index contributed by atoms with van der Waals surface area (Å²) in [5, 5.41) is 11.9. The molecule has 0 fully saturated rings. The molecule has 19 heavy (non-hydrogen) atoms. The number of aromatic nitrogens is 4. The van der Waals surface area contributed by atoms with Gasteiger partial charge in [-0.25, -0.2) is 4.68 Å². The van der Waals surface area contributed by atoms with Crippen LogP contribution in [0.4, 0.5) is 5.69 Å². The van der Waals surface area contributed by atoms with Crippen molar-refractivity contribution in [1.29, 1.82) is 0 Å². The van der Waals surface area contributed by atoms with E-state index in [9.17, 15) is 0 Å². The number of nitrogens with two attached hydrogens (primary N) is 1. The highest BCUT2D eigenvalue weighted by atomic mass is 79.9. The van der Waals surface area contributed by atoms with Gasteiger partial charge in [-0.2, -0.15) is 0 Å². The standard InChI is InChI=1S/C12H16BrN5O/c1-3-19-7-8(2)18-12(15-16-17-18)9-5-4-6-10(14)11(9)13/h4-6,8H,3,7,14H2,1-2H3. The van der Waals surface area contributed by atoms with Crippen LogP contribution in [-0.2, 0) is 4.74 Å². The second kappa shape index (κ2) is 6.12. The van der Waals surface area contributed by atoms with E-state index in [1.54, 1.807) is 4.68 Å². The summed E-state index contributed by atoms with van der Waals surface area (Å²) in [7, 11) is 0. The molecule has 7 heteroatoms. The molecule has 1 aromatic carbocycles. The van der Waals surface area contributed by atoms with Crippen LogP contribution in [0.25, 0.3) is 11.4 Å². The van der Waals surface area contributed by atoms with E-state index in [4.69, 9.17) is 10.5 Å². The summed E-state index contributed by atoms with van der Waals surface area (Å²) in [6, 6.07) is 5.68. The van der Waals surface area contributed by atoms with Gasteiger partial charge in [0.2, 0.25) is 0 Å². The molecule has 0 aliphatic carbocycles. The number of hydrogen-bond acceptors (Lipinski definition) is 5. The zero-order valence-electron chi connectivity index (χ0n) is 10.9. The molecule has 1 unspecified atom stereocenters. The number of hydrogen-bond donors (Lipinski definition) is 1. The van der Waals surface area contributed by atoms with Crippen molar-refractivity contribution in [2.75, 3.05) is 18.9 Å². The number of tetrazole rings is 1. The van der Waals surface area contributed by atoms with Gasteiger partial charge in [-0.15, -0.1) is 5.10 Å². The van der Waals surface area contributed by atoms with Crippen LogP contribution >= 0.6 is 15.9 Å². The Balaban J connectivity index is 2.36. The van der Waals surface area contributed by atoms with E-state index in [0.717, 1.165) is 10.0 Å². The Morgan fingerprint density at radius 3 is 3.00 bits per heavy atom. The topological polar surface area (TPSA) is 78.8 Å². The first-order valence-corrected chi connectivity index (χ1v) is 6.84. The Bertz CT molecular complexity index is 557. The molecule has 2 N–H and O–H groups in total. The van der Waals surface area contributed by atoms with Gasteiger partial charge in [0, 0.05) is 17.9 Å². The van der Waals surface area contributed by atoms with Crippen LogP contribution in [0.2, 0.25) is 0 Å². The molecule has 2 aromatic rings. The molecule has 6 nitrogen and oxygen atoms in total. The fourth-order valence-electron chi connectivity index (χ4n) is 1.75. The van der Waals surface area contributed by atoms with Crippen LogP contribution in [0, 0.1) is 0 Å². The first-order valence-electron chi connectivity index (χ1n) is 6.05. The number of nitrogen functional groups attached to an aromatic ring is 1. The van der Waals surface area contributed by atoms with Crippen LogP contribution in [0.15, 0.2) is 22.7 Å². The second-order valence-corrected chi connectivity index (χ2v) is 4.96. The lowest BCUT2D eigenvalue weighted by Gasteiger charge is -2.14. The van der Waals surface area contributed by atoms with Crippen molar-refractivity contribution in [2.45, 2.75) is 19.9 Å². The molecule has 1 aromatic heterocycles. The largest absolute Gasteiger partial charge is 0.398 e. The molecule has 1 heterocycles. The van der Waals surface area contributed by atoms with Crippen LogP contribution in [0.3, 0.4) is 0 Å². The third-order valence-electron chi connectivity index (χ3n) is 2.74. The molecular formula is C12H16BrN5O. The average Bonchev–Trinajstić information content (AvgIpc) is 2.88. The first-order chi connectivity index (χ1) is 9.15. The van der Waals surface area contributed by atoms with Crippen molar-refractivity contribution in [3.05, 3.63) is 22.7 Å². The quantitative estimate of drug-likeness (QED) is 0.853. The van der Waals surface area contributed by atoms with E-state index in [0.29, 0.717) is 24.7 Å². The highest BCUT2D eigenvalue weighted by molar-refractivity contribution is 9.10. The molecule has 0 bridgehead atoms. The predicted molar refractivity (Wildman–Crippen MR) is 76.6 cm³/mol. The fraction of sp³-hybridized carbons (Fsp3) is 0.417. The number of halogens is 1. The van der Waals surface area contributed by atoms with E-state index in [1.807, 2.05) is 32.0 Å². The highest BCUT2D eigenvalue weighted by Crippen LogP contribution is 2.31. The van der Waals surface area contributed by atoms with Crippen molar-refractivity contribution < 1.29 is 4.74 Å². The number of ether oxygens (including phenoxy) is 1. The Kier molecular flexibility index (Phi) is 4.49. The van der Waals surface area contributed by atoms with E-state index >= 15 is 0 Å². The van der Waals surface area contributed by atoms with Crippen molar-refractivity contribution in [2.24, 2.45) is 0 Å². The van der Waals surface area contributed by atoms with Gasteiger partial charge in [-0.1, -0.05) is 6.07 Å². The van der Waals surface area contributed by atoms with Gasteiger partial charge in [0.25, 0.3) is 0 Å². The third kappa shape index (κ3) is 2.93. The van der Waals surface area contributed by atoms with E-state index < -0.39 is 0 Å². The summed E-state index contributed by atoms with van der Waals surface area (Å²) in [5.41, 5.74) is 7.41. The minimum Gasteiger partial charge on any atom is -0.398 e. The maximum Gasteiger partial charge on any atom is 0.183 e. The fourth-order valence-corrected chi connectivity index (χ4v) is 2.19. The van der Waals surface area contributed by atoms with Gasteiger partial charge < -0.3 is 10.5 Å². The van der Waals surface area contributed by atoms with E-state index in [1.165, 1.54) is 0 Å². The van der Waals surface area contributed by atoms with Gasteiger partial charge >= 0.3 is 0 Å². The lowest BCUT2D eigenvalue weighted by Crippen LogP contribution is -2.15. The van der Waals surface area contributed by atoms with E-state index in [2.05, 4.69) is 31.5 Å². The van der Waals surface area contributed by atoms with Crippen LogP contribution in [-0.4, -0.2) is 33.4 Å². The molecule has 1 atom stereocenters. The number of rotatable bonds is 5. The molecule has 0 spiro atoms. The second-order valence-electron chi connectivity index (χ2n) is 4.16. The summed E-state index contributed by atoms with van der Waals surface area (Å²) in [5.74, 6) is 0.673. The number of nitrogens with zero attached hydrogens (tertiary/aromatic N) is 4. The number of benzene rings is 1. The van der Waals surface area contributed by atoms with Crippen molar-refractivity contribution in [1.82, 2.24) is 20.2 Å². The molecular weight excluding hydrogens is 310 g/mol. The zero-order valence-corrected chi connectivity index (χ0v) is 12.5. The zero-order chi connectivity index (χ0) is 13.8. The van der Waals surface area contributed by atoms with Gasteiger partial charge in [-0.05, 0) is 52.3 Å². The lowest BCUT2D eigenvalue weighted by atomic mass is 10.2. The molecule has 0 radical (unpaired) electrons. The molecule has 0 saturated carbocycles. The maximum absolute atomic E-state index is 5.88. The molecule has 0 saturated heterocycles. The molecule has 0 amide bonds. The van der Waals surface area contributed by atoms with Crippen molar-refractivity contribution in [3.63, 3.8) is 0 Å². The van der Waals surface area contributed by atoms with E-state index in [-0.39, 0.29) is 6.04 Å². The van der Waals surface area contributed by atoms with Gasteiger partial charge in [0.05, 0.1) is 17.1 Å². The summed E-state index contributed by atoms with van der Waals surface area (Å²) < 4.78 is 7.96. The molecule has 102 valence electrons. The Hall–Kier alpha value is -1.47. The SMILES string of the molecule is CCOCC(C)n1nnnc1-c1cccc(N)c1Br. The van der Waals surface area contributed by atoms with Crippen molar-refractivity contribution >= 4 is 21.6 Å². The van der Waals surface area contributed by atoms with Crippen LogP contribution in [0.5, 0.6) is 0 Å². The summed E-state index contributed by atoms with van der Waals surface area (Å²) in [6.07, 6.45) is 0. The minimum absolute atomic E-state index is 0.0540. The normalized spacial score (nSPS) is 12.6. The highest BCUT2D eigenvalue weighted by Gasteiger charge is 2.17. The Morgan fingerprint density at radius 2 is 2.26 bits per heavy atom. The Labute approximate surface area is 120 Å². The Morgan fingerprint density at radius 1 is 1.47 bits per heavy atom. The van der Waals surface area contributed by atoms with Crippen LogP contribution < -0.4 is 5.73 Å². The minimum atomic E-state index is 0.0540. The van der Waals surface area contributed by atoms with Gasteiger partial charge in [0.15, 0.2) is 5.82 Å². The van der Waals surface area contributed by atoms with Gasteiger partial charge in [-0.3, -0.25) is 0 Å². The summed E-state index contributed by atoms with van der Waals surface area (Å²) >= 11 is 3.47. The summed E-state index contributed by atoms with van der Waals surface area (Å²) in [4.78, 5) is 0. The predicted octanol–water partition coefficient (Wildman–Crippen LogP) is 2.28.